The summed E-state index contributed by atoms with van der Waals surface area (Å²) >= 11 is 1.58. The quantitative estimate of drug-likeness (QED) is 0.288. The van der Waals surface area contributed by atoms with E-state index in [1.54, 1.807) is 23.7 Å². The molecule has 3 rings (SSSR count). The van der Waals surface area contributed by atoms with Gasteiger partial charge in [0.25, 0.3) is 0 Å². The van der Waals surface area contributed by atoms with Crippen LogP contribution in [0, 0.1) is 5.92 Å². The Morgan fingerprint density at radius 1 is 1.11 bits per heavy atom. The highest BCUT2D eigenvalue weighted by atomic mass is 32.1. The van der Waals surface area contributed by atoms with Crippen LogP contribution in [0.4, 0.5) is 0 Å². The average molecular weight is 506 g/mol. The van der Waals surface area contributed by atoms with E-state index in [1.807, 2.05) is 25.1 Å². The number of rotatable bonds is 14. The highest BCUT2D eigenvalue weighted by Crippen LogP contribution is 2.28. The third kappa shape index (κ3) is 7.92. The number of carbonyl (C=O) groups excluding carboxylic acids is 3. The summed E-state index contributed by atoms with van der Waals surface area (Å²) < 4.78 is 1.09. The number of hydrogen-bond acceptors (Lipinski definition) is 6. The number of benzene rings is 1. The van der Waals surface area contributed by atoms with Crippen LogP contribution in [-0.4, -0.2) is 33.5 Å². The van der Waals surface area contributed by atoms with Crippen molar-refractivity contribution < 1.29 is 14.4 Å². The summed E-state index contributed by atoms with van der Waals surface area (Å²) in [4.78, 5) is 46.5. The molecule has 2 aromatic heterocycles. The molecule has 0 aliphatic carbocycles. The molecule has 0 aliphatic heterocycles. The van der Waals surface area contributed by atoms with Crippen LogP contribution in [0.2, 0.25) is 0 Å². The van der Waals surface area contributed by atoms with Gasteiger partial charge in [-0.1, -0.05) is 33.4 Å². The molecule has 0 saturated carbocycles. The van der Waals surface area contributed by atoms with Crippen LogP contribution >= 0.6 is 11.3 Å². The van der Waals surface area contributed by atoms with Crippen molar-refractivity contribution in [3.8, 4) is 0 Å². The molecule has 6 nitrogen and oxygen atoms in total. The minimum atomic E-state index is -0.516. The number of Topliss-reactive ketones (excluding diaryl/α,β-unsaturated/α-hetero) is 1. The van der Waals surface area contributed by atoms with E-state index >= 15 is 0 Å². The maximum absolute atomic E-state index is 13.5. The van der Waals surface area contributed by atoms with E-state index in [1.165, 1.54) is 11.6 Å². The maximum atomic E-state index is 13.5. The van der Waals surface area contributed by atoms with Gasteiger partial charge in [-0.05, 0) is 60.2 Å². The van der Waals surface area contributed by atoms with Gasteiger partial charge in [-0.2, -0.15) is 0 Å². The molecule has 0 fully saturated rings. The maximum Gasteiger partial charge on any atom is 0.224 e. The van der Waals surface area contributed by atoms with Crippen LogP contribution in [0.3, 0.4) is 0 Å². The monoisotopic (exact) mass is 505 g/mol. The lowest BCUT2D eigenvalue weighted by molar-refractivity contribution is -0.130. The van der Waals surface area contributed by atoms with Crippen molar-refractivity contribution in [2.75, 3.05) is 0 Å². The molecule has 0 spiro atoms. The standard InChI is InChI=1S/C29H35N3O3S/c1-5-24(33)9-8-23(15-20-11-13-30-14-12-20)31-29(35)22(16-25(34)6-2)18-28-32-26-10-7-21(19(3)4)17-27(26)36-28/h5,7,10-14,17,19,22-23H,1,6,8-9,15-16,18H2,2-4H3,(H,31,35)/t22-,23+/m0/s1. The molecule has 190 valence electrons. The summed E-state index contributed by atoms with van der Waals surface area (Å²) in [7, 11) is 0. The summed E-state index contributed by atoms with van der Waals surface area (Å²) in [6, 6.07) is 9.84. The number of amides is 1. The van der Waals surface area contributed by atoms with Crippen LogP contribution < -0.4 is 5.32 Å². The van der Waals surface area contributed by atoms with Crippen molar-refractivity contribution in [1.29, 1.82) is 0 Å². The lowest BCUT2D eigenvalue weighted by Gasteiger charge is -2.22. The lowest BCUT2D eigenvalue weighted by Crippen LogP contribution is -2.41. The Labute approximate surface area is 217 Å². The smallest absolute Gasteiger partial charge is 0.224 e. The van der Waals surface area contributed by atoms with Gasteiger partial charge in [-0.15, -0.1) is 11.3 Å². The molecule has 0 radical (unpaired) electrons. The van der Waals surface area contributed by atoms with E-state index < -0.39 is 5.92 Å². The van der Waals surface area contributed by atoms with Crippen molar-refractivity contribution in [3.63, 3.8) is 0 Å². The Balaban J connectivity index is 1.79. The van der Waals surface area contributed by atoms with Crippen LogP contribution in [0.25, 0.3) is 10.2 Å². The minimum absolute atomic E-state index is 0.0471. The second-order valence-corrected chi connectivity index (χ2v) is 10.6. The molecule has 3 aromatic rings. The number of nitrogens with zero attached hydrogens (tertiary/aromatic N) is 2. The molecular weight excluding hydrogens is 470 g/mol. The van der Waals surface area contributed by atoms with E-state index in [0.717, 1.165) is 20.8 Å². The topological polar surface area (TPSA) is 89.0 Å². The van der Waals surface area contributed by atoms with Gasteiger partial charge >= 0.3 is 0 Å². The second-order valence-electron chi connectivity index (χ2n) is 9.46. The lowest BCUT2D eigenvalue weighted by atomic mass is 9.95. The van der Waals surface area contributed by atoms with E-state index in [9.17, 15) is 14.4 Å². The summed E-state index contributed by atoms with van der Waals surface area (Å²) in [5, 5.41) is 3.98. The Morgan fingerprint density at radius 3 is 2.53 bits per heavy atom. The molecule has 1 amide bonds. The molecule has 0 bridgehead atoms. The SMILES string of the molecule is C=CC(=O)CC[C@H](Cc1ccncc1)NC(=O)[C@@H](CC(=O)CC)Cc1nc2ccc(C(C)C)cc2s1. The van der Waals surface area contributed by atoms with Crippen LogP contribution in [0.5, 0.6) is 0 Å². The zero-order valence-corrected chi connectivity index (χ0v) is 22.1. The van der Waals surface area contributed by atoms with Gasteiger partial charge in [0.1, 0.15) is 5.78 Å². The van der Waals surface area contributed by atoms with Crippen molar-refractivity contribution in [3.05, 3.63) is 71.5 Å². The van der Waals surface area contributed by atoms with Crippen molar-refractivity contribution in [1.82, 2.24) is 15.3 Å². The highest BCUT2D eigenvalue weighted by molar-refractivity contribution is 7.18. The fraction of sp³-hybridized carbons (Fsp3) is 0.414. The highest BCUT2D eigenvalue weighted by Gasteiger charge is 2.26. The van der Waals surface area contributed by atoms with Gasteiger partial charge in [0.2, 0.25) is 5.91 Å². The number of thiazole rings is 1. The second kappa shape index (κ2) is 13.2. The number of nitrogens with one attached hydrogen (secondary N) is 1. The summed E-state index contributed by atoms with van der Waals surface area (Å²) in [6.45, 7) is 9.68. The molecule has 0 unspecified atom stereocenters. The predicted octanol–water partition coefficient (Wildman–Crippen LogP) is 5.61. The van der Waals surface area contributed by atoms with E-state index in [4.69, 9.17) is 4.98 Å². The third-order valence-corrected chi connectivity index (χ3v) is 7.37. The van der Waals surface area contributed by atoms with Crippen molar-refractivity contribution >= 4 is 39.0 Å². The number of aromatic nitrogens is 2. The minimum Gasteiger partial charge on any atom is -0.353 e. The van der Waals surface area contributed by atoms with Crippen molar-refractivity contribution in [2.24, 2.45) is 5.92 Å². The predicted molar refractivity (Wildman–Crippen MR) is 145 cm³/mol. The normalized spacial score (nSPS) is 12.9. The van der Waals surface area contributed by atoms with Crippen LogP contribution in [0.1, 0.15) is 68.5 Å². The van der Waals surface area contributed by atoms with E-state index in [-0.39, 0.29) is 29.9 Å². The molecule has 36 heavy (non-hydrogen) atoms. The largest absolute Gasteiger partial charge is 0.353 e. The Hall–Kier alpha value is -3.19. The van der Waals surface area contributed by atoms with Crippen LogP contribution in [0.15, 0.2) is 55.4 Å². The zero-order valence-electron chi connectivity index (χ0n) is 21.3. The summed E-state index contributed by atoms with van der Waals surface area (Å²) in [5.74, 6) is -0.282. The van der Waals surface area contributed by atoms with E-state index in [0.29, 0.717) is 38.0 Å². The third-order valence-electron chi connectivity index (χ3n) is 6.33. The summed E-state index contributed by atoms with van der Waals surface area (Å²) in [5.41, 5.74) is 3.19. The fourth-order valence-corrected chi connectivity index (χ4v) is 5.18. The molecule has 1 aromatic carbocycles. The number of fused-ring (bicyclic) bond motifs is 1. The summed E-state index contributed by atoms with van der Waals surface area (Å²) in [6.07, 6.45) is 7.06. The molecule has 0 aliphatic rings. The average Bonchev–Trinajstić information content (AvgIpc) is 3.28. The Kier molecular flexibility index (Phi) is 10.1. The first kappa shape index (κ1) is 27.4. The number of hydrogen-bond donors (Lipinski definition) is 1. The van der Waals surface area contributed by atoms with Crippen molar-refractivity contribution in [2.45, 2.75) is 71.3 Å². The number of allylic oxidation sites excluding steroid dienone is 1. The molecule has 1 N–H and O–H groups in total. The Bertz CT molecular complexity index is 1200. The number of carbonyl (C=O) groups is 3. The molecule has 2 heterocycles. The van der Waals surface area contributed by atoms with Gasteiger partial charge in [-0.25, -0.2) is 4.98 Å². The van der Waals surface area contributed by atoms with Gasteiger partial charge in [-0.3, -0.25) is 19.4 Å². The zero-order chi connectivity index (χ0) is 26.1. The first-order chi connectivity index (χ1) is 17.3. The van der Waals surface area contributed by atoms with Crippen LogP contribution in [-0.2, 0) is 27.2 Å². The van der Waals surface area contributed by atoms with Gasteiger partial charge in [0.15, 0.2) is 5.78 Å². The number of ketones is 2. The first-order valence-corrected chi connectivity index (χ1v) is 13.4. The molecule has 0 saturated heterocycles. The number of pyridine rings is 1. The van der Waals surface area contributed by atoms with Gasteiger partial charge in [0.05, 0.1) is 21.1 Å². The first-order valence-electron chi connectivity index (χ1n) is 12.5. The molecule has 2 atom stereocenters. The Morgan fingerprint density at radius 2 is 1.86 bits per heavy atom. The molecular formula is C29H35N3O3S. The van der Waals surface area contributed by atoms with E-state index in [2.05, 4.69) is 42.9 Å². The van der Waals surface area contributed by atoms with Gasteiger partial charge < -0.3 is 5.32 Å². The fourth-order valence-electron chi connectivity index (χ4n) is 4.09. The molecule has 7 heteroatoms. The van der Waals surface area contributed by atoms with Gasteiger partial charge in [0, 0.05) is 44.1 Å².